The number of hydrogen-bond acceptors (Lipinski definition) is 5. The van der Waals surface area contributed by atoms with Gasteiger partial charge in [0.25, 0.3) is 0 Å². The Hall–Kier alpha value is -7.86. The third kappa shape index (κ3) is 4.80. The van der Waals surface area contributed by atoms with Gasteiger partial charge in [0.05, 0.1) is 16.8 Å². The molecule has 0 N–H and O–H groups in total. The van der Waals surface area contributed by atoms with Crippen LogP contribution in [-0.4, -0.2) is 15.0 Å². The number of fused-ring (bicyclic) bond motifs is 18. The van der Waals surface area contributed by atoms with Crippen molar-refractivity contribution < 1.29 is 0 Å². The first-order chi connectivity index (χ1) is 31.2. The largest absolute Gasteiger partial charge is 0.277 e. The Kier molecular flexibility index (Phi) is 7.22. The number of aromatic nitrogens is 3. The van der Waals surface area contributed by atoms with Crippen molar-refractivity contribution in [2.24, 2.45) is 0 Å². The van der Waals surface area contributed by atoms with E-state index in [-0.39, 0.29) is 0 Å². The van der Waals surface area contributed by atoms with Crippen molar-refractivity contribution in [3.8, 4) is 45.0 Å². The summed E-state index contributed by atoms with van der Waals surface area (Å²) in [7, 11) is 0. The molecule has 0 saturated heterocycles. The van der Waals surface area contributed by atoms with Crippen molar-refractivity contribution in [1.29, 1.82) is 0 Å². The van der Waals surface area contributed by atoms with Crippen molar-refractivity contribution in [3.63, 3.8) is 0 Å². The molecule has 11 aromatic rings. The SMILES string of the molecule is c1ccc2c(c1)Sc1ccccc1N2c1nc(-c2ccc3c(c2)C2(c4ccccc4-c4ccccc42)c2ccccc2-3)nc(-c2ccc3c4ccccc4c4ccccc4c3c2)n1. The summed E-state index contributed by atoms with van der Waals surface area (Å²) in [6.45, 7) is 0. The first-order valence-corrected chi connectivity index (χ1v) is 22.3. The Bertz CT molecular complexity index is 3620. The van der Waals surface area contributed by atoms with Crippen LogP contribution in [-0.2, 0) is 5.41 Å². The van der Waals surface area contributed by atoms with Crippen molar-refractivity contribution in [2.45, 2.75) is 15.2 Å². The van der Waals surface area contributed by atoms with E-state index in [0.717, 1.165) is 32.3 Å². The molecule has 2 heterocycles. The van der Waals surface area contributed by atoms with Crippen molar-refractivity contribution in [1.82, 2.24) is 15.0 Å². The fourth-order valence-electron chi connectivity index (χ4n) is 10.9. The minimum atomic E-state index is -0.488. The summed E-state index contributed by atoms with van der Waals surface area (Å²) in [5.74, 6) is 1.83. The van der Waals surface area contributed by atoms with E-state index in [9.17, 15) is 0 Å². The van der Waals surface area contributed by atoms with E-state index in [1.54, 1.807) is 11.8 Å². The lowest BCUT2D eigenvalue weighted by molar-refractivity contribution is 0.794. The minimum Gasteiger partial charge on any atom is -0.277 e. The van der Waals surface area contributed by atoms with Crippen LogP contribution < -0.4 is 4.90 Å². The number of benzene rings is 10. The molecular formula is C58H34N4S. The second-order valence-corrected chi connectivity index (χ2v) is 17.7. The molecule has 3 aliphatic rings. The first-order valence-electron chi connectivity index (χ1n) is 21.4. The fourth-order valence-corrected chi connectivity index (χ4v) is 12.0. The van der Waals surface area contributed by atoms with E-state index in [4.69, 9.17) is 15.0 Å². The van der Waals surface area contributed by atoms with Crippen LogP contribution in [0, 0.1) is 0 Å². The number of nitrogens with zero attached hydrogens (tertiary/aromatic N) is 4. The van der Waals surface area contributed by atoms with Gasteiger partial charge in [-0.3, -0.25) is 4.90 Å². The van der Waals surface area contributed by atoms with Gasteiger partial charge in [-0.15, -0.1) is 0 Å². The molecule has 4 nitrogen and oxygen atoms in total. The fraction of sp³-hybridized carbons (Fsp3) is 0.0172. The van der Waals surface area contributed by atoms with E-state index >= 15 is 0 Å². The number of para-hydroxylation sites is 2. The van der Waals surface area contributed by atoms with E-state index < -0.39 is 5.41 Å². The molecule has 63 heavy (non-hydrogen) atoms. The Morgan fingerprint density at radius 3 is 1.30 bits per heavy atom. The molecule has 10 aromatic carbocycles. The summed E-state index contributed by atoms with van der Waals surface area (Å²) in [4.78, 5) is 20.9. The summed E-state index contributed by atoms with van der Waals surface area (Å²) in [6.07, 6.45) is 0. The van der Waals surface area contributed by atoms with Gasteiger partial charge < -0.3 is 0 Å². The average molecular weight is 819 g/mol. The van der Waals surface area contributed by atoms with Gasteiger partial charge in [0.2, 0.25) is 5.95 Å². The molecule has 292 valence electrons. The summed E-state index contributed by atoms with van der Waals surface area (Å²) in [5, 5.41) is 7.31. The van der Waals surface area contributed by atoms with Gasteiger partial charge in [-0.05, 0) is 113 Å². The second-order valence-electron chi connectivity index (χ2n) is 16.7. The molecule has 1 aliphatic heterocycles. The normalized spacial score (nSPS) is 13.7. The van der Waals surface area contributed by atoms with Gasteiger partial charge in [-0.1, -0.05) is 182 Å². The van der Waals surface area contributed by atoms with E-state index in [1.165, 1.54) is 76.8 Å². The third-order valence-corrected chi connectivity index (χ3v) is 14.6. The third-order valence-electron chi connectivity index (χ3n) is 13.5. The van der Waals surface area contributed by atoms with Crippen LogP contribution >= 0.6 is 11.8 Å². The smallest absolute Gasteiger partial charge is 0.238 e. The number of hydrogen-bond donors (Lipinski definition) is 0. The topological polar surface area (TPSA) is 41.9 Å². The highest BCUT2D eigenvalue weighted by molar-refractivity contribution is 7.99. The van der Waals surface area contributed by atoms with Crippen LogP contribution in [0.5, 0.6) is 0 Å². The maximum atomic E-state index is 5.48. The molecule has 1 aromatic heterocycles. The van der Waals surface area contributed by atoms with Crippen LogP contribution in [0.25, 0.3) is 77.3 Å². The molecule has 0 atom stereocenters. The summed E-state index contributed by atoms with van der Waals surface area (Å²) in [5.41, 5.74) is 13.7. The zero-order valence-electron chi connectivity index (χ0n) is 33.8. The predicted molar refractivity (Wildman–Crippen MR) is 258 cm³/mol. The maximum absolute atomic E-state index is 5.48. The van der Waals surface area contributed by atoms with Crippen LogP contribution in [0.15, 0.2) is 216 Å². The van der Waals surface area contributed by atoms with Gasteiger partial charge in [0.15, 0.2) is 11.6 Å². The molecule has 5 heteroatoms. The molecule has 0 bridgehead atoms. The Labute approximate surface area is 368 Å². The Balaban J connectivity index is 1.04. The molecule has 14 rings (SSSR count). The molecule has 1 spiro atoms. The zero-order chi connectivity index (χ0) is 41.2. The molecular weight excluding hydrogens is 785 g/mol. The second kappa shape index (κ2) is 13.1. The lowest BCUT2D eigenvalue weighted by Gasteiger charge is -2.31. The van der Waals surface area contributed by atoms with Gasteiger partial charge in [-0.2, -0.15) is 9.97 Å². The van der Waals surface area contributed by atoms with E-state index in [1.807, 2.05) is 0 Å². The Morgan fingerprint density at radius 1 is 0.333 bits per heavy atom. The summed E-state index contributed by atoms with van der Waals surface area (Å²) < 4.78 is 0. The van der Waals surface area contributed by atoms with Crippen LogP contribution in [0.3, 0.4) is 0 Å². The maximum Gasteiger partial charge on any atom is 0.238 e. The quantitative estimate of drug-likeness (QED) is 0.166. The highest BCUT2D eigenvalue weighted by Crippen LogP contribution is 2.63. The highest BCUT2D eigenvalue weighted by atomic mass is 32.2. The predicted octanol–water partition coefficient (Wildman–Crippen LogP) is 14.9. The summed E-state index contributed by atoms with van der Waals surface area (Å²) in [6, 6.07) is 74.9. The van der Waals surface area contributed by atoms with Gasteiger partial charge >= 0.3 is 0 Å². The minimum absolute atomic E-state index is 0.488. The standard InChI is InChI=1S/C58H34N4S/c1-2-17-39-37(15-1)38-16-3-4-18-40(38)46-33-35(29-31-41(39)46)55-59-56(61-57(60-55)62-51-25-11-13-27-53(51)63-54-28-14-12-26-52(54)62)36-30-32-45-44-21-7-10-24-49(44)58(50(45)34-36)47-22-8-5-19-42(47)43-20-6-9-23-48(43)58/h1-34H. The summed E-state index contributed by atoms with van der Waals surface area (Å²) >= 11 is 1.78. The average Bonchev–Trinajstić information content (AvgIpc) is 3.82. The monoisotopic (exact) mass is 818 g/mol. The molecule has 0 fully saturated rings. The number of anilines is 3. The molecule has 2 aliphatic carbocycles. The van der Waals surface area contributed by atoms with E-state index in [0.29, 0.717) is 17.6 Å². The van der Waals surface area contributed by atoms with Gasteiger partial charge in [-0.25, -0.2) is 4.98 Å². The Morgan fingerprint density at radius 2 is 0.746 bits per heavy atom. The van der Waals surface area contributed by atoms with E-state index in [2.05, 4.69) is 211 Å². The molecule has 0 radical (unpaired) electrons. The highest BCUT2D eigenvalue weighted by Gasteiger charge is 2.51. The van der Waals surface area contributed by atoms with Crippen LogP contribution in [0.4, 0.5) is 17.3 Å². The van der Waals surface area contributed by atoms with Gasteiger partial charge in [0.1, 0.15) is 0 Å². The lowest BCUT2D eigenvalue weighted by atomic mass is 9.70. The van der Waals surface area contributed by atoms with Crippen molar-refractivity contribution in [3.05, 3.63) is 229 Å². The van der Waals surface area contributed by atoms with Crippen molar-refractivity contribution >= 4 is 61.4 Å². The molecule has 0 saturated carbocycles. The van der Waals surface area contributed by atoms with Gasteiger partial charge in [0, 0.05) is 20.9 Å². The molecule has 0 unspecified atom stereocenters. The zero-order valence-corrected chi connectivity index (χ0v) is 34.6. The lowest BCUT2D eigenvalue weighted by Crippen LogP contribution is -2.25. The van der Waals surface area contributed by atoms with Crippen molar-refractivity contribution in [2.75, 3.05) is 4.90 Å². The molecule has 0 amide bonds. The van der Waals surface area contributed by atoms with Crippen LogP contribution in [0.1, 0.15) is 22.3 Å². The van der Waals surface area contributed by atoms with Crippen LogP contribution in [0.2, 0.25) is 0 Å². The first kappa shape index (κ1) is 34.8. The number of rotatable bonds is 3.